The van der Waals surface area contributed by atoms with Crippen LogP contribution in [0.3, 0.4) is 0 Å². The third-order valence-corrected chi connectivity index (χ3v) is 3.89. The Morgan fingerprint density at radius 2 is 2.37 bits per heavy atom. The minimum Gasteiger partial charge on any atom is -0.347 e. The second-order valence-corrected chi connectivity index (χ2v) is 5.47. The summed E-state index contributed by atoms with van der Waals surface area (Å²) in [6, 6.07) is 0. The van der Waals surface area contributed by atoms with E-state index in [9.17, 15) is 0 Å². The predicted molar refractivity (Wildman–Crippen MR) is 73.8 cm³/mol. The van der Waals surface area contributed by atoms with Crippen LogP contribution < -0.4 is 5.32 Å². The van der Waals surface area contributed by atoms with E-state index in [0.717, 1.165) is 19.0 Å². The van der Waals surface area contributed by atoms with Gasteiger partial charge in [-0.1, -0.05) is 19.0 Å². The van der Waals surface area contributed by atoms with Crippen molar-refractivity contribution in [3.63, 3.8) is 0 Å². The van der Waals surface area contributed by atoms with Gasteiger partial charge in [-0.15, -0.1) is 0 Å². The molecule has 1 aromatic rings. The molecular formula is C13H23N5O. The van der Waals surface area contributed by atoms with Crippen LogP contribution in [0.4, 0.5) is 0 Å². The molecule has 0 aliphatic carbocycles. The lowest BCUT2D eigenvalue weighted by Gasteiger charge is -2.25. The number of hydrogen-bond acceptors (Lipinski definition) is 4. The summed E-state index contributed by atoms with van der Waals surface area (Å²) in [5.74, 6) is 2.16. The molecule has 1 fully saturated rings. The van der Waals surface area contributed by atoms with Crippen molar-refractivity contribution in [1.82, 2.24) is 20.4 Å². The fourth-order valence-corrected chi connectivity index (χ4v) is 2.39. The van der Waals surface area contributed by atoms with E-state index in [2.05, 4.69) is 39.2 Å². The Kier molecular flexibility index (Phi) is 4.07. The normalized spacial score (nSPS) is 24.0. The van der Waals surface area contributed by atoms with Gasteiger partial charge in [-0.05, 0) is 25.2 Å². The van der Waals surface area contributed by atoms with Gasteiger partial charge in [0.1, 0.15) is 0 Å². The Labute approximate surface area is 114 Å². The average Bonchev–Trinajstić information content (AvgIpc) is 2.98. The first-order chi connectivity index (χ1) is 9.06. The number of nitrogens with one attached hydrogen (secondary N) is 1. The molecule has 106 valence electrons. The van der Waals surface area contributed by atoms with Gasteiger partial charge in [-0.25, -0.2) is 0 Å². The molecule has 1 atom stereocenters. The van der Waals surface area contributed by atoms with Crippen LogP contribution in [0.5, 0.6) is 0 Å². The van der Waals surface area contributed by atoms with Crippen LogP contribution >= 0.6 is 0 Å². The van der Waals surface area contributed by atoms with Crippen LogP contribution in [0.25, 0.3) is 0 Å². The number of aryl methyl sites for hydroxylation is 1. The zero-order valence-electron chi connectivity index (χ0n) is 12.2. The Hall–Kier alpha value is -1.59. The van der Waals surface area contributed by atoms with Crippen molar-refractivity contribution in [3.05, 3.63) is 11.7 Å². The molecule has 6 heteroatoms. The summed E-state index contributed by atoms with van der Waals surface area (Å²) in [5, 5.41) is 7.06. The molecule has 2 rings (SSSR count). The van der Waals surface area contributed by atoms with Crippen molar-refractivity contribution >= 4 is 5.96 Å². The highest BCUT2D eigenvalue weighted by molar-refractivity contribution is 5.80. The van der Waals surface area contributed by atoms with Crippen LogP contribution in [-0.4, -0.2) is 41.1 Å². The van der Waals surface area contributed by atoms with Crippen LogP contribution in [0.2, 0.25) is 0 Å². The summed E-state index contributed by atoms with van der Waals surface area (Å²) in [4.78, 5) is 10.8. The second kappa shape index (κ2) is 5.59. The largest absolute Gasteiger partial charge is 0.347 e. The molecule has 0 amide bonds. The highest BCUT2D eigenvalue weighted by Gasteiger charge is 2.33. The maximum absolute atomic E-state index is 5.09. The summed E-state index contributed by atoms with van der Waals surface area (Å²) < 4.78 is 5.09. The summed E-state index contributed by atoms with van der Waals surface area (Å²) >= 11 is 0. The summed E-state index contributed by atoms with van der Waals surface area (Å²) in [5.41, 5.74) is 0.401. The molecule has 1 aliphatic rings. The lowest BCUT2D eigenvalue weighted by atomic mass is 9.87. The molecule has 2 heterocycles. The van der Waals surface area contributed by atoms with Gasteiger partial charge >= 0.3 is 0 Å². The number of nitrogens with zero attached hydrogens (tertiary/aromatic N) is 4. The molecule has 1 N–H and O–H groups in total. The van der Waals surface area contributed by atoms with Crippen LogP contribution in [-0.2, 0) is 6.54 Å². The highest BCUT2D eigenvalue weighted by atomic mass is 16.5. The topological polar surface area (TPSA) is 66.5 Å². The zero-order chi connectivity index (χ0) is 13.9. The van der Waals surface area contributed by atoms with Crippen molar-refractivity contribution in [2.75, 3.05) is 20.1 Å². The molecule has 6 nitrogen and oxygen atoms in total. The minimum atomic E-state index is 0.401. The van der Waals surface area contributed by atoms with E-state index in [0.29, 0.717) is 23.7 Å². The standard InChI is InChI=1S/C13H23N5O/c1-5-13(3)6-7-18(9-13)12(14-4)15-8-11-16-10(2)17-19-11/h5-9H2,1-4H3,(H,14,15). The van der Waals surface area contributed by atoms with Gasteiger partial charge < -0.3 is 14.7 Å². The third kappa shape index (κ3) is 3.24. The highest BCUT2D eigenvalue weighted by Crippen LogP contribution is 2.32. The Balaban J connectivity index is 1.91. The van der Waals surface area contributed by atoms with E-state index >= 15 is 0 Å². The number of likely N-dealkylation sites (tertiary alicyclic amines) is 1. The number of rotatable bonds is 3. The summed E-state index contributed by atoms with van der Waals surface area (Å²) in [6.07, 6.45) is 2.41. The number of aliphatic imine (C=N–C) groups is 1. The Bertz CT molecular complexity index is 456. The molecule has 0 spiro atoms. The average molecular weight is 265 g/mol. The van der Waals surface area contributed by atoms with E-state index in [1.165, 1.54) is 12.8 Å². The number of aromatic nitrogens is 2. The lowest BCUT2D eigenvalue weighted by Crippen LogP contribution is -2.40. The molecule has 0 aromatic carbocycles. The SMILES string of the molecule is CCC1(C)CCN(C(=NC)NCc2nc(C)no2)C1. The van der Waals surface area contributed by atoms with E-state index < -0.39 is 0 Å². The Morgan fingerprint density at radius 3 is 2.89 bits per heavy atom. The predicted octanol–water partition coefficient (Wildman–Crippen LogP) is 1.58. The first kappa shape index (κ1) is 13.8. The van der Waals surface area contributed by atoms with Crippen molar-refractivity contribution in [2.24, 2.45) is 10.4 Å². The van der Waals surface area contributed by atoms with E-state index in [-0.39, 0.29) is 0 Å². The first-order valence-electron chi connectivity index (χ1n) is 6.81. The Morgan fingerprint density at radius 1 is 1.58 bits per heavy atom. The fraction of sp³-hybridized carbons (Fsp3) is 0.769. The van der Waals surface area contributed by atoms with Crippen molar-refractivity contribution < 1.29 is 4.52 Å². The van der Waals surface area contributed by atoms with Crippen molar-refractivity contribution in [2.45, 2.75) is 40.2 Å². The monoisotopic (exact) mass is 265 g/mol. The number of hydrogen-bond donors (Lipinski definition) is 1. The molecule has 0 saturated carbocycles. The minimum absolute atomic E-state index is 0.401. The van der Waals surface area contributed by atoms with Crippen LogP contribution in [0.1, 0.15) is 38.4 Å². The maximum Gasteiger partial charge on any atom is 0.246 e. The molecule has 1 saturated heterocycles. The maximum atomic E-state index is 5.09. The number of guanidine groups is 1. The van der Waals surface area contributed by atoms with E-state index in [1.807, 2.05) is 14.0 Å². The van der Waals surface area contributed by atoms with E-state index in [4.69, 9.17) is 4.52 Å². The molecule has 1 aromatic heterocycles. The molecule has 0 bridgehead atoms. The molecule has 1 aliphatic heterocycles. The smallest absolute Gasteiger partial charge is 0.246 e. The molecular weight excluding hydrogens is 242 g/mol. The summed E-state index contributed by atoms with van der Waals surface area (Å²) in [6.45, 7) is 9.02. The van der Waals surface area contributed by atoms with Crippen LogP contribution in [0.15, 0.2) is 9.52 Å². The van der Waals surface area contributed by atoms with Gasteiger partial charge in [0.25, 0.3) is 0 Å². The lowest BCUT2D eigenvalue weighted by molar-refractivity contribution is 0.320. The van der Waals surface area contributed by atoms with Crippen LogP contribution in [0, 0.1) is 12.3 Å². The van der Waals surface area contributed by atoms with Crippen molar-refractivity contribution in [3.8, 4) is 0 Å². The zero-order valence-corrected chi connectivity index (χ0v) is 12.2. The van der Waals surface area contributed by atoms with Gasteiger partial charge in [-0.2, -0.15) is 4.98 Å². The van der Waals surface area contributed by atoms with Crippen molar-refractivity contribution in [1.29, 1.82) is 0 Å². The van der Waals surface area contributed by atoms with E-state index in [1.54, 1.807) is 0 Å². The van der Waals surface area contributed by atoms with Gasteiger partial charge in [0.15, 0.2) is 11.8 Å². The molecule has 19 heavy (non-hydrogen) atoms. The molecule has 1 unspecified atom stereocenters. The quantitative estimate of drug-likeness (QED) is 0.664. The molecule has 0 radical (unpaired) electrons. The summed E-state index contributed by atoms with van der Waals surface area (Å²) in [7, 11) is 1.81. The van der Waals surface area contributed by atoms with Gasteiger partial charge in [-0.3, -0.25) is 4.99 Å². The van der Waals surface area contributed by atoms with Gasteiger partial charge in [0, 0.05) is 20.1 Å². The first-order valence-corrected chi connectivity index (χ1v) is 6.81. The second-order valence-electron chi connectivity index (χ2n) is 5.47. The fourth-order valence-electron chi connectivity index (χ4n) is 2.39. The van der Waals surface area contributed by atoms with Gasteiger partial charge in [0.2, 0.25) is 5.89 Å². The third-order valence-electron chi connectivity index (χ3n) is 3.89. The van der Waals surface area contributed by atoms with Gasteiger partial charge in [0.05, 0.1) is 6.54 Å².